The molecule has 2 fully saturated rings. The first kappa shape index (κ1) is 14.4. The van der Waals surface area contributed by atoms with Crippen molar-refractivity contribution in [3.8, 4) is 0 Å². The van der Waals surface area contributed by atoms with E-state index in [2.05, 4.69) is 21.9 Å². The van der Waals surface area contributed by atoms with Crippen LogP contribution in [0.4, 0.5) is 0 Å². The Bertz CT molecular complexity index is 478. The Labute approximate surface area is 125 Å². The SMILES string of the molecule is CN(CC1CC1)CC1CN(C(=O)c2cncnc2)CCO1. The second-order valence-electron chi connectivity index (χ2n) is 6.04. The van der Waals surface area contributed by atoms with Crippen LogP contribution in [0.1, 0.15) is 23.2 Å². The van der Waals surface area contributed by atoms with Crippen LogP contribution in [0.2, 0.25) is 0 Å². The third-order valence-corrected chi connectivity index (χ3v) is 4.02. The fraction of sp³-hybridized carbons (Fsp3) is 0.667. The van der Waals surface area contributed by atoms with Gasteiger partial charge in [0.1, 0.15) is 6.33 Å². The molecule has 1 aromatic rings. The molecule has 114 valence electrons. The Kier molecular flexibility index (Phi) is 4.45. The molecule has 1 aliphatic carbocycles. The van der Waals surface area contributed by atoms with E-state index in [4.69, 9.17) is 4.74 Å². The third kappa shape index (κ3) is 3.98. The van der Waals surface area contributed by atoms with Crippen LogP contribution >= 0.6 is 0 Å². The van der Waals surface area contributed by atoms with Crippen LogP contribution in [0.3, 0.4) is 0 Å². The van der Waals surface area contributed by atoms with Crippen LogP contribution in [-0.2, 0) is 4.74 Å². The maximum absolute atomic E-state index is 12.4. The minimum absolute atomic E-state index is 0.00579. The smallest absolute Gasteiger partial charge is 0.257 e. The van der Waals surface area contributed by atoms with Crippen molar-refractivity contribution >= 4 is 5.91 Å². The summed E-state index contributed by atoms with van der Waals surface area (Å²) in [6, 6.07) is 0. The first-order valence-corrected chi connectivity index (χ1v) is 7.57. The van der Waals surface area contributed by atoms with Gasteiger partial charge in [0.25, 0.3) is 5.91 Å². The average molecular weight is 290 g/mol. The molecular weight excluding hydrogens is 268 g/mol. The van der Waals surface area contributed by atoms with Crippen molar-refractivity contribution in [3.05, 3.63) is 24.3 Å². The Morgan fingerprint density at radius 2 is 2.14 bits per heavy atom. The van der Waals surface area contributed by atoms with Crippen molar-refractivity contribution in [2.24, 2.45) is 5.92 Å². The number of morpholine rings is 1. The van der Waals surface area contributed by atoms with Gasteiger partial charge in [-0.05, 0) is 25.8 Å². The van der Waals surface area contributed by atoms with Gasteiger partial charge in [-0.1, -0.05) is 0 Å². The zero-order chi connectivity index (χ0) is 14.7. The van der Waals surface area contributed by atoms with Gasteiger partial charge in [-0.25, -0.2) is 9.97 Å². The number of rotatable bonds is 5. The molecule has 3 rings (SSSR count). The molecule has 0 aromatic carbocycles. The predicted molar refractivity (Wildman–Crippen MR) is 77.9 cm³/mol. The standard InChI is InChI=1S/C15H22N4O2/c1-18(8-12-2-3-12)9-14-10-19(4-5-21-14)15(20)13-6-16-11-17-7-13/h6-7,11-12,14H,2-5,8-10H2,1H3. The van der Waals surface area contributed by atoms with Gasteiger partial charge in [0.2, 0.25) is 0 Å². The number of carbonyl (C=O) groups excluding carboxylic acids is 1. The number of likely N-dealkylation sites (N-methyl/N-ethyl adjacent to an activating group) is 1. The fourth-order valence-electron chi connectivity index (χ4n) is 2.77. The van der Waals surface area contributed by atoms with Gasteiger partial charge in [-0.2, -0.15) is 0 Å². The summed E-state index contributed by atoms with van der Waals surface area (Å²) in [5, 5.41) is 0. The minimum Gasteiger partial charge on any atom is -0.373 e. The Balaban J connectivity index is 1.53. The molecule has 0 N–H and O–H groups in total. The number of ether oxygens (including phenoxy) is 1. The molecule has 1 aromatic heterocycles. The molecule has 1 atom stereocenters. The summed E-state index contributed by atoms with van der Waals surface area (Å²) in [5.41, 5.74) is 0.546. The molecule has 2 heterocycles. The lowest BCUT2D eigenvalue weighted by molar-refractivity contribution is -0.0334. The lowest BCUT2D eigenvalue weighted by Gasteiger charge is -2.34. The maximum atomic E-state index is 12.4. The predicted octanol–water partition coefficient (Wildman–Crippen LogP) is 0.659. The number of carbonyl (C=O) groups is 1. The molecule has 6 heteroatoms. The van der Waals surface area contributed by atoms with Gasteiger partial charge in [-0.3, -0.25) is 4.79 Å². The highest BCUT2D eigenvalue weighted by Crippen LogP contribution is 2.29. The van der Waals surface area contributed by atoms with E-state index >= 15 is 0 Å². The first-order chi connectivity index (χ1) is 10.2. The van der Waals surface area contributed by atoms with Gasteiger partial charge < -0.3 is 14.5 Å². The van der Waals surface area contributed by atoms with Crippen molar-refractivity contribution in [1.29, 1.82) is 0 Å². The van der Waals surface area contributed by atoms with E-state index in [1.807, 2.05) is 4.90 Å². The average Bonchev–Trinajstić information content (AvgIpc) is 3.31. The van der Waals surface area contributed by atoms with Crippen LogP contribution < -0.4 is 0 Å². The summed E-state index contributed by atoms with van der Waals surface area (Å²) in [6.45, 7) is 3.90. The largest absolute Gasteiger partial charge is 0.373 e. The van der Waals surface area contributed by atoms with E-state index in [1.54, 1.807) is 12.4 Å². The number of hydrogen-bond donors (Lipinski definition) is 0. The van der Waals surface area contributed by atoms with Gasteiger partial charge >= 0.3 is 0 Å². The molecule has 21 heavy (non-hydrogen) atoms. The first-order valence-electron chi connectivity index (χ1n) is 7.57. The van der Waals surface area contributed by atoms with Gasteiger partial charge in [-0.15, -0.1) is 0 Å². The molecule has 2 aliphatic rings. The zero-order valence-corrected chi connectivity index (χ0v) is 12.4. The Morgan fingerprint density at radius 3 is 2.86 bits per heavy atom. The molecule has 0 bridgehead atoms. The Hall–Kier alpha value is -1.53. The van der Waals surface area contributed by atoms with Gasteiger partial charge in [0.05, 0.1) is 18.3 Å². The van der Waals surface area contributed by atoms with Crippen molar-refractivity contribution in [3.63, 3.8) is 0 Å². The maximum Gasteiger partial charge on any atom is 0.257 e. The number of aromatic nitrogens is 2. The number of hydrogen-bond acceptors (Lipinski definition) is 5. The Morgan fingerprint density at radius 1 is 1.38 bits per heavy atom. The highest BCUT2D eigenvalue weighted by molar-refractivity contribution is 5.93. The van der Waals surface area contributed by atoms with Crippen molar-refractivity contribution in [2.45, 2.75) is 18.9 Å². The van der Waals surface area contributed by atoms with Crippen LogP contribution in [0.5, 0.6) is 0 Å². The topological polar surface area (TPSA) is 58.6 Å². The molecule has 1 saturated heterocycles. The highest BCUT2D eigenvalue weighted by Gasteiger charge is 2.28. The summed E-state index contributed by atoms with van der Waals surface area (Å²) < 4.78 is 5.80. The van der Waals surface area contributed by atoms with Crippen molar-refractivity contribution in [1.82, 2.24) is 19.8 Å². The second-order valence-corrected chi connectivity index (χ2v) is 6.04. The van der Waals surface area contributed by atoms with Crippen LogP contribution in [-0.4, -0.2) is 71.6 Å². The third-order valence-electron chi connectivity index (χ3n) is 4.02. The molecule has 1 aliphatic heterocycles. The highest BCUT2D eigenvalue weighted by atomic mass is 16.5. The van der Waals surface area contributed by atoms with E-state index in [1.165, 1.54) is 19.2 Å². The fourth-order valence-corrected chi connectivity index (χ4v) is 2.77. The van der Waals surface area contributed by atoms with Crippen molar-refractivity contribution in [2.75, 3.05) is 39.8 Å². The number of amides is 1. The zero-order valence-electron chi connectivity index (χ0n) is 12.4. The van der Waals surface area contributed by atoms with Crippen LogP contribution in [0.25, 0.3) is 0 Å². The second kappa shape index (κ2) is 6.49. The summed E-state index contributed by atoms with van der Waals surface area (Å²) in [7, 11) is 2.13. The monoisotopic (exact) mass is 290 g/mol. The minimum atomic E-state index is -0.00579. The normalized spacial score (nSPS) is 22.6. The van der Waals surface area contributed by atoms with Gasteiger partial charge in [0.15, 0.2) is 0 Å². The number of nitrogens with zero attached hydrogens (tertiary/aromatic N) is 4. The summed E-state index contributed by atoms with van der Waals surface area (Å²) >= 11 is 0. The van der Waals surface area contributed by atoms with E-state index in [0.29, 0.717) is 25.3 Å². The molecule has 6 nitrogen and oxygen atoms in total. The summed E-state index contributed by atoms with van der Waals surface area (Å²) in [6.07, 6.45) is 7.38. The molecule has 0 spiro atoms. The van der Waals surface area contributed by atoms with Crippen molar-refractivity contribution < 1.29 is 9.53 Å². The quantitative estimate of drug-likeness (QED) is 0.797. The lowest BCUT2D eigenvalue weighted by atomic mass is 10.2. The lowest BCUT2D eigenvalue weighted by Crippen LogP contribution is -2.49. The molecular formula is C15H22N4O2. The molecule has 1 amide bonds. The molecule has 1 unspecified atom stereocenters. The molecule has 1 saturated carbocycles. The van der Waals surface area contributed by atoms with E-state index in [0.717, 1.165) is 19.0 Å². The summed E-state index contributed by atoms with van der Waals surface area (Å²) in [4.78, 5) is 24.4. The molecule has 0 radical (unpaired) electrons. The summed E-state index contributed by atoms with van der Waals surface area (Å²) in [5.74, 6) is 0.867. The van der Waals surface area contributed by atoms with E-state index in [-0.39, 0.29) is 12.0 Å². The van der Waals surface area contributed by atoms with Crippen LogP contribution in [0.15, 0.2) is 18.7 Å². The van der Waals surface area contributed by atoms with Gasteiger partial charge in [0, 0.05) is 38.6 Å². The van der Waals surface area contributed by atoms with Crippen LogP contribution in [0, 0.1) is 5.92 Å². The van der Waals surface area contributed by atoms with E-state index in [9.17, 15) is 4.79 Å². The van der Waals surface area contributed by atoms with E-state index < -0.39 is 0 Å².